The van der Waals surface area contributed by atoms with E-state index >= 15 is 0 Å². The van der Waals surface area contributed by atoms with Crippen LogP contribution in [0.5, 0.6) is 0 Å². The van der Waals surface area contributed by atoms with Crippen molar-refractivity contribution < 1.29 is 19.0 Å². The minimum atomic E-state index is -0.698. The molecular formula is C20H26BrClN6O4S2. The Morgan fingerprint density at radius 2 is 2.24 bits per heavy atom. The first-order valence-electron chi connectivity index (χ1n) is 10.0. The van der Waals surface area contributed by atoms with Crippen LogP contribution < -0.4 is 22.6 Å². The molecule has 0 aliphatic carbocycles. The number of hydrogen-bond donors (Lipinski definition) is 4. The van der Waals surface area contributed by atoms with E-state index in [-0.39, 0.29) is 19.1 Å². The molecule has 1 saturated heterocycles. The number of benzene rings is 1. The zero-order chi connectivity index (χ0) is 24.8. The van der Waals surface area contributed by atoms with Gasteiger partial charge in [0.25, 0.3) is 5.91 Å². The Bertz CT molecular complexity index is 1030. The summed E-state index contributed by atoms with van der Waals surface area (Å²) in [6.07, 6.45) is 0.242. The van der Waals surface area contributed by atoms with Crippen LogP contribution in [0.3, 0.4) is 0 Å². The number of thioether (sulfide) groups is 1. The Morgan fingerprint density at radius 3 is 2.88 bits per heavy atom. The second kappa shape index (κ2) is 12.5. The molecule has 2 heterocycles. The van der Waals surface area contributed by atoms with Gasteiger partial charge in [0.15, 0.2) is 0 Å². The monoisotopic (exact) mass is 592 g/mol. The van der Waals surface area contributed by atoms with Crippen LogP contribution in [0.15, 0.2) is 39.1 Å². The molecule has 10 nitrogen and oxygen atoms in total. The highest BCUT2D eigenvalue weighted by atomic mass is 79.9. The van der Waals surface area contributed by atoms with E-state index in [0.29, 0.717) is 26.3 Å². The van der Waals surface area contributed by atoms with Crippen molar-refractivity contribution in [2.75, 3.05) is 27.4 Å². The first-order valence-corrected chi connectivity index (χ1v) is 13.0. The molecule has 1 aliphatic heterocycles. The van der Waals surface area contributed by atoms with Crippen molar-refractivity contribution in [1.82, 2.24) is 15.3 Å². The summed E-state index contributed by atoms with van der Waals surface area (Å²) in [5, 5.41) is 6.63. The van der Waals surface area contributed by atoms with Crippen molar-refractivity contribution in [2.45, 2.75) is 28.7 Å². The molecule has 34 heavy (non-hydrogen) atoms. The van der Waals surface area contributed by atoms with Crippen molar-refractivity contribution in [3.63, 3.8) is 0 Å². The molecule has 0 saturated carbocycles. The zero-order valence-corrected chi connectivity index (χ0v) is 22.4. The summed E-state index contributed by atoms with van der Waals surface area (Å²) >= 11 is 12.0. The fourth-order valence-electron chi connectivity index (χ4n) is 3.23. The number of rotatable bonds is 7. The van der Waals surface area contributed by atoms with E-state index in [9.17, 15) is 4.79 Å². The summed E-state index contributed by atoms with van der Waals surface area (Å²) < 4.78 is 18.4. The van der Waals surface area contributed by atoms with Gasteiger partial charge in [0.2, 0.25) is 0 Å². The number of ether oxygens (including phenoxy) is 3. The van der Waals surface area contributed by atoms with Crippen molar-refractivity contribution >= 4 is 62.2 Å². The molecule has 0 bridgehead atoms. The first-order chi connectivity index (χ1) is 16.2. The minimum Gasteiger partial charge on any atom is -0.395 e. The number of aromatic nitrogens is 1. The molecular weight excluding hydrogens is 568 g/mol. The topological polar surface area (TPSA) is 151 Å². The number of nitrogens with one attached hydrogen (secondary N) is 1. The van der Waals surface area contributed by atoms with Crippen LogP contribution >= 0.6 is 50.6 Å². The highest BCUT2D eigenvalue weighted by Gasteiger charge is 2.38. The highest BCUT2D eigenvalue weighted by Crippen LogP contribution is 2.35. The molecule has 1 aliphatic rings. The van der Waals surface area contributed by atoms with Gasteiger partial charge in [-0.1, -0.05) is 39.3 Å². The number of thiazole rings is 1. The Balaban J connectivity index is 1.91. The molecule has 0 spiro atoms. The Labute approximate surface area is 219 Å². The van der Waals surface area contributed by atoms with Crippen LogP contribution in [0.25, 0.3) is 5.70 Å². The summed E-state index contributed by atoms with van der Waals surface area (Å²) in [5.41, 5.74) is 12.5. The SMILES string of the molecule is CNC(=O)c1ccc(Br)cc1SC1OC(N)COC[C@@H](N(N)/C=C(\N)c2nc(Cl)cs2)C1OC. The smallest absolute Gasteiger partial charge is 0.252 e. The Kier molecular flexibility index (Phi) is 10.0. The van der Waals surface area contributed by atoms with E-state index in [1.807, 2.05) is 6.07 Å². The van der Waals surface area contributed by atoms with Gasteiger partial charge in [-0.05, 0) is 18.2 Å². The minimum absolute atomic E-state index is 0.153. The first kappa shape index (κ1) is 27.2. The van der Waals surface area contributed by atoms with Gasteiger partial charge in [0.1, 0.15) is 27.9 Å². The third kappa shape index (κ3) is 6.83. The van der Waals surface area contributed by atoms with E-state index in [1.165, 1.54) is 28.1 Å². The maximum atomic E-state index is 12.4. The number of nitrogens with two attached hydrogens (primary N) is 3. The molecule has 1 aromatic heterocycles. The molecule has 3 rings (SSSR count). The van der Waals surface area contributed by atoms with Gasteiger partial charge in [-0.15, -0.1) is 11.3 Å². The lowest BCUT2D eigenvalue weighted by Crippen LogP contribution is -2.56. The number of hydrazine groups is 1. The molecule has 0 radical (unpaired) electrons. The number of methoxy groups -OCH3 is 1. The number of nitrogens with zero attached hydrogens (tertiary/aromatic N) is 2. The summed E-state index contributed by atoms with van der Waals surface area (Å²) in [4.78, 5) is 17.3. The molecule has 4 atom stereocenters. The second-order valence-electron chi connectivity index (χ2n) is 7.19. The summed E-state index contributed by atoms with van der Waals surface area (Å²) in [6, 6.07) is 4.86. The number of carbonyl (C=O) groups excluding carboxylic acids is 1. The third-order valence-electron chi connectivity index (χ3n) is 4.85. The van der Waals surface area contributed by atoms with E-state index in [4.69, 9.17) is 43.1 Å². The lowest BCUT2D eigenvalue weighted by Gasteiger charge is -2.39. The quantitative estimate of drug-likeness (QED) is 0.278. The molecule has 2 aromatic rings. The van der Waals surface area contributed by atoms with Gasteiger partial charge in [-0.3, -0.25) is 4.79 Å². The fourth-order valence-corrected chi connectivity index (χ4v) is 5.97. The average molecular weight is 594 g/mol. The van der Waals surface area contributed by atoms with Crippen molar-refractivity contribution in [3.8, 4) is 0 Å². The van der Waals surface area contributed by atoms with Crippen LogP contribution in [0.4, 0.5) is 0 Å². The molecule has 1 fully saturated rings. The van der Waals surface area contributed by atoms with Crippen molar-refractivity contribution in [2.24, 2.45) is 17.3 Å². The van der Waals surface area contributed by atoms with Gasteiger partial charge in [0.05, 0.1) is 30.5 Å². The normalized spacial score (nSPS) is 23.8. The average Bonchev–Trinajstić information content (AvgIpc) is 3.23. The number of hydrogen-bond acceptors (Lipinski definition) is 11. The lowest BCUT2D eigenvalue weighted by molar-refractivity contribution is -0.131. The molecule has 14 heteroatoms. The number of carbonyl (C=O) groups is 1. The zero-order valence-electron chi connectivity index (χ0n) is 18.4. The third-order valence-corrected chi connectivity index (χ3v) is 7.76. The maximum Gasteiger partial charge on any atom is 0.252 e. The van der Waals surface area contributed by atoms with Gasteiger partial charge in [0, 0.05) is 35.1 Å². The summed E-state index contributed by atoms with van der Waals surface area (Å²) in [7, 11) is 3.12. The van der Waals surface area contributed by atoms with E-state index < -0.39 is 23.8 Å². The predicted molar refractivity (Wildman–Crippen MR) is 137 cm³/mol. The maximum absolute atomic E-state index is 12.4. The predicted octanol–water partition coefficient (Wildman–Crippen LogP) is 2.18. The molecule has 186 valence electrons. The lowest BCUT2D eigenvalue weighted by atomic mass is 10.1. The molecule has 3 unspecified atom stereocenters. The van der Waals surface area contributed by atoms with E-state index in [0.717, 1.165) is 4.47 Å². The Hall–Kier alpha value is -1.42. The van der Waals surface area contributed by atoms with Gasteiger partial charge >= 0.3 is 0 Å². The van der Waals surface area contributed by atoms with Crippen LogP contribution in [-0.2, 0) is 14.2 Å². The number of amides is 1. The molecule has 1 aromatic carbocycles. The Morgan fingerprint density at radius 1 is 1.47 bits per heavy atom. The second-order valence-corrected chi connectivity index (χ2v) is 10.5. The van der Waals surface area contributed by atoms with Gasteiger partial charge in [-0.25, -0.2) is 10.8 Å². The molecule has 1 amide bonds. The van der Waals surface area contributed by atoms with E-state index in [2.05, 4.69) is 26.2 Å². The number of halogens is 2. The van der Waals surface area contributed by atoms with Crippen LogP contribution in [0.1, 0.15) is 15.4 Å². The van der Waals surface area contributed by atoms with Crippen LogP contribution in [0.2, 0.25) is 5.15 Å². The van der Waals surface area contributed by atoms with Crippen LogP contribution in [-0.4, -0.2) is 67.1 Å². The van der Waals surface area contributed by atoms with Crippen molar-refractivity contribution in [3.05, 3.63) is 50.0 Å². The van der Waals surface area contributed by atoms with Gasteiger partial charge < -0.3 is 36.0 Å². The fraction of sp³-hybridized carbons (Fsp3) is 0.400. The van der Waals surface area contributed by atoms with E-state index in [1.54, 1.807) is 37.9 Å². The van der Waals surface area contributed by atoms with Crippen LogP contribution in [0, 0.1) is 0 Å². The van der Waals surface area contributed by atoms with Crippen molar-refractivity contribution in [1.29, 1.82) is 0 Å². The standard InChI is InChI=1S/C20H26BrClN6O4S2/c1-26-18(29)11-4-3-10(21)5-14(11)34-20-17(30-2)13(7-31-8-16(24)32-20)28(25)6-12(23)19-27-15(22)9-33-19/h3-6,9,13,16-17,20H,7-8,23-25H2,1-2H3,(H,26,29)/b12-6-/t13-,16?,17?,20?/m1/s1. The summed E-state index contributed by atoms with van der Waals surface area (Å²) in [5.74, 6) is 6.16. The van der Waals surface area contributed by atoms with Gasteiger partial charge in [-0.2, -0.15) is 0 Å². The highest BCUT2D eigenvalue weighted by molar-refractivity contribution is 9.10. The summed E-state index contributed by atoms with van der Waals surface area (Å²) in [6.45, 7) is 0.353. The largest absolute Gasteiger partial charge is 0.395 e. The molecule has 7 N–H and O–H groups in total.